The van der Waals surface area contributed by atoms with E-state index in [1.807, 2.05) is 18.2 Å². The molecular weight excluding hydrogens is 304 g/mol. The molecule has 1 aromatic carbocycles. The van der Waals surface area contributed by atoms with E-state index in [1.165, 1.54) is 0 Å². The van der Waals surface area contributed by atoms with E-state index in [9.17, 15) is 0 Å². The van der Waals surface area contributed by atoms with Crippen LogP contribution < -0.4 is 5.73 Å². The molecule has 0 fully saturated rings. The van der Waals surface area contributed by atoms with Crippen LogP contribution in [-0.4, -0.2) is 5.16 Å². The van der Waals surface area contributed by atoms with Gasteiger partial charge in [0.15, 0.2) is 0 Å². The van der Waals surface area contributed by atoms with Crippen LogP contribution in [0.3, 0.4) is 0 Å². The van der Waals surface area contributed by atoms with Crippen LogP contribution in [0.1, 0.15) is 25.3 Å². The number of hydrogen-bond donors (Lipinski definition) is 1. The summed E-state index contributed by atoms with van der Waals surface area (Å²) in [5, 5.41) is 4.69. The number of nitrogens with zero attached hydrogens (tertiary/aromatic N) is 1. The molecular formula is C12H12BrClN2O. The molecule has 0 aliphatic carbocycles. The van der Waals surface area contributed by atoms with Gasteiger partial charge in [-0.3, -0.25) is 0 Å². The van der Waals surface area contributed by atoms with E-state index < -0.39 is 0 Å². The standard InChI is InChI=1S/C12H12BrClN2O/c1-6(2)10-11(16-17-12(10)15)8-4-3-7(14)5-9(8)13/h3-6H,15H2,1-2H3. The van der Waals surface area contributed by atoms with Crippen LogP contribution in [0.4, 0.5) is 5.88 Å². The molecule has 0 bridgehead atoms. The molecule has 0 radical (unpaired) electrons. The Labute approximate surface area is 113 Å². The normalized spacial score (nSPS) is 11.1. The molecule has 0 unspecified atom stereocenters. The molecule has 17 heavy (non-hydrogen) atoms. The van der Waals surface area contributed by atoms with Crippen molar-refractivity contribution in [3.63, 3.8) is 0 Å². The van der Waals surface area contributed by atoms with Gasteiger partial charge >= 0.3 is 0 Å². The minimum atomic E-state index is 0.249. The molecule has 0 saturated heterocycles. The zero-order valence-electron chi connectivity index (χ0n) is 9.50. The number of nitrogen functional groups attached to an aromatic ring is 1. The summed E-state index contributed by atoms with van der Waals surface area (Å²) in [5.74, 6) is 0.621. The van der Waals surface area contributed by atoms with Crippen LogP contribution in [0.25, 0.3) is 11.3 Å². The minimum absolute atomic E-state index is 0.249. The Bertz CT molecular complexity index is 551. The number of hydrogen-bond acceptors (Lipinski definition) is 3. The van der Waals surface area contributed by atoms with Gasteiger partial charge in [0.05, 0.1) is 0 Å². The first-order valence-electron chi connectivity index (χ1n) is 5.21. The van der Waals surface area contributed by atoms with Crippen LogP contribution in [0.5, 0.6) is 0 Å². The molecule has 3 nitrogen and oxygen atoms in total. The molecule has 0 saturated carbocycles. The van der Waals surface area contributed by atoms with Crippen molar-refractivity contribution in [2.45, 2.75) is 19.8 Å². The lowest BCUT2D eigenvalue weighted by atomic mass is 9.99. The van der Waals surface area contributed by atoms with E-state index in [4.69, 9.17) is 21.9 Å². The van der Waals surface area contributed by atoms with Crippen molar-refractivity contribution in [1.82, 2.24) is 5.16 Å². The van der Waals surface area contributed by atoms with Gasteiger partial charge in [-0.15, -0.1) is 0 Å². The maximum absolute atomic E-state index is 5.91. The summed E-state index contributed by atoms with van der Waals surface area (Å²) in [6, 6.07) is 5.54. The van der Waals surface area contributed by atoms with Crippen molar-refractivity contribution in [1.29, 1.82) is 0 Å². The minimum Gasteiger partial charge on any atom is -0.367 e. The van der Waals surface area contributed by atoms with E-state index in [0.717, 1.165) is 21.3 Å². The first-order chi connectivity index (χ1) is 8.00. The average molecular weight is 316 g/mol. The van der Waals surface area contributed by atoms with E-state index in [1.54, 1.807) is 0 Å². The predicted octanol–water partition coefficient (Wildman–Crippen LogP) is 4.46. The van der Waals surface area contributed by atoms with Crippen molar-refractivity contribution in [2.75, 3.05) is 5.73 Å². The Kier molecular flexibility index (Phi) is 3.45. The average Bonchev–Trinajstić information content (AvgIpc) is 2.60. The molecule has 0 atom stereocenters. The zero-order valence-corrected chi connectivity index (χ0v) is 11.8. The molecule has 2 rings (SSSR count). The fourth-order valence-corrected chi connectivity index (χ4v) is 2.61. The molecule has 5 heteroatoms. The van der Waals surface area contributed by atoms with Crippen LogP contribution in [-0.2, 0) is 0 Å². The Balaban J connectivity index is 2.61. The number of nitrogens with two attached hydrogens (primary N) is 1. The second-order valence-corrected chi connectivity index (χ2v) is 5.38. The van der Waals surface area contributed by atoms with Gasteiger partial charge in [0.25, 0.3) is 0 Å². The largest absolute Gasteiger partial charge is 0.367 e. The van der Waals surface area contributed by atoms with Crippen molar-refractivity contribution >= 4 is 33.4 Å². The Hall–Kier alpha value is -1.00. The third-order valence-corrected chi connectivity index (χ3v) is 3.41. The van der Waals surface area contributed by atoms with Crippen molar-refractivity contribution < 1.29 is 4.52 Å². The summed E-state index contributed by atoms with van der Waals surface area (Å²) >= 11 is 9.38. The fraction of sp³-hybridized carbons (Fsp3) is 0.250. The summed E-state index contributed by atoms with van der Waals surface area (Å²) in [5.41, 5.74) is 8.41. The highest BCUT2D eigenvalue weighted by atomic mass is 79.9. The number of benzene rings is 1. The quantitative estimate of drug-likeness (QED) is 0.890. The monoisotopic (exact) mass is 314 g/mol. The molecule has 2 N–H and O–H groups in total. The van der Waals surface area contributed by atoms with Crippen LogP contribution in [0.2, 0.25) is 5.02 Å². The highest BCUT2D eigenvalue weighted by Crippen LogP contribution is 2.37. The lowest BCUT2D eigenvalue weighted by Gasteiger charge is -2.07. The lowest BCUT2D eigenvalue weighted by Crippen LogP contribution is -1.95. The third kappa shape index (κ3) is 2.33. The molecule has 0 aliphatic heterocycles. The SMILES string of the molecule is CC(C)c1c(-c2ccc(Cl)cc2Br)noc1N. The van der Waals surface area contributed by atoms with Gasteiger partial charge in [-0.2, -0.15) is 0 Å². The Morgan fingerprint density at radius 2 is 2.12 bits per heavy atom. The fourth-order valence-electron chi connectivity index (χ4n) is 1.74. The zero-order chi connectivity index (χ0) is 12.6. The number of rotatable bonds is 2. The summed E-state index contributed by atoms with van der Waals surface area (Å²) in [6.45, 7) is 4.10. The van der Waals surface area contributed by atoms with Gasteiger partial charge in [0.2, 0.25) is 5.88 Å². The van der Waals surface area contributed by atoms with Gasteiger partial charge in [-0.05, 0) is 18.1 Å². The first-order valence-corrected chi connectivity index (χ1v) is 6.38. The maximum atomic E-state index is 5.91. The van der Waals surface area contributed by atoms with E-state index in [-0.39, 0.29) is 5.92 Å². The molecule has 2 aromatic rings. The van der Waals surface area contributed by atoms with Gasteiger partial charge in [0, 0.05) is 20.6 Å². The molecule has 0 spiro atoms. The Morgan fingerprint density at radius 1 is 1.41 bits per heavy atom. The summed E-state index contributed by atoms with van der Waals surface area (Å²) in [4.78, 5) is 0. The van der Waals surface area contributed by atoms with Crippen molar-refractivity contribution in [3.8, 4) is 11.3 Å². The van der Waals surface area contributed by atoms with Gasteiger partial charge in [0.1, 0.15) is 5.69 Å². The summed E-state index contributed by atoms with van der Waals surface area (Å²) in [7, 11) is 0. The highest BCUT2D eigenvalue weighted by molar-refractivity contribution is 9.10. The number of aromatic nitrogens is 1. The Morgan fingerprint density at radius 3 is 2.71 bits per heavy atom. The molecule has 90 valence electrons. The van der Waals surface area contributed by atoms with Gasteiger partial charge < -0.3 is 10.3 Å². The molecule has 1 heterocycles. The molecule has 0 amide bonds. The predicted molar refractivity (Wildman–Crippen MR) is 73.2 cm³/mol. The first kappa shape index (κ1) is 12.5. The second kappa shape index (κ2) is 4.70. The van der Waals surface area contributed by atoms with E-state index >= 15 is 0 Å². The molecule has 1 aromatic heterocycles. The van der Waals surface area contributed by atoms with Crippen molar-refractivity contribution in [2.24, 2.45) is 0 Å². The number of halogens is 2. The van der Waals surface area contributed by atoms with Crippen LogP contribution >= 0.6 is 27.5 Å². The summed E-state index contributed by atoms with van der Waals surface area (Å²) < 4.78 is 5.95. The lowest BCUT2D eigenvalue weighted by molar-refractivity contribution is 0.438. The van der Waals surface area contributed by atoms with Gasteiger partial charge in [-0.1, -0.05) is 52.6 Å². The van der Waals surface area contributed by atoms with Gasteiger partial charge in [-0.25, -0.2) is 0 Å². The van der Waals surface area contributed by atoms with Crippen molar-refractivity contribution in [3.05, 3.63) is 33.3 Å². The topological polar surface area (TPSA) is 52.0 Å². The van der Waals surface area contributed by atoms with Crippen LogP contribution in [0.15, 0.2) is 27.2 Å². The second-order valence-electron chi connectivity index (χ2n) is 4.09. The number of anilines is 1. The smallest absolute Gasteiger partial charge is 0.226 e. The summed E-state index contributed by atoms with van der Waals surface area (Å²) in [6.07, 6.45) is 0. The third-order valence-electron chi connectivity index (χ3n) is 2.52. The van der Waals surface area contributed by atoms with E-state index in [0.29, 0.717) is 10.9 Å². The molecule has 0 aliphatic rings. The van der Waals surface area contributed by atoms with Crippen LogP contribution in [0, 0.1) is 0 Å². The van der Waals surface area contributed by atoms with E-state index in [2.05, 4.69) is 34.9 Å². The maximum Gasteiger partial charge on any atom is 0.226 e. The highest BCUT2D eigenvalue weighted by Gasteiger charge is 2.19.